The van der Waals surface area contributed by atoms with Crippen molar-refractivity contribution in [1.29, 1.82) is 0 Å². The summed E-state index contributed by atoms with van der Waals surface area (Å²) in [6.45, 7) is 0. The molecule has 0 spiro atoms. The van der Waals surface area contributed by atoms with Crippen LogP contribution in [0.15, 0.2) is 83.0 Å². The summed E-state index contributed by atoms with van der Waals surface area (Å²) >= 11 is 5.84. The Labute approximate surface area is 175 Å². The second kappa shape index (κ2) is 9.39. The second-order valence-corrected chi connectivity index (χ2v) is 6.30. The summed E-state index contributed by atoms with van der Waals surface area (Å²) in [5, 5.41) is 18.7. The van der Waals surface area contributed by atoms with E-state index in [-0.39, 0.29) is 11.3 Å². The van der Waals surface area contributed by atoms with Crippen LogP contribution in [0.3, 0.4) is 0 Å². The van der Waals surface area contributed by atoms with Crippen molar-refractivity contribution in [3.8, 4) is 0 Å². The molecule has 0 atom stereocenters. The smallest absolute Gasteiger partial charge is 0.338 e. The van der Waals surface area contributed by atoms with Crippen LogP contribution >= 0.6 is 11.6 Å². The molecule has 0 fully saturated rings. The van der Waals surface area contributed by atoms with Gasteiger partial charge in [0.15, 0.2) is 0 Å². The van der Waals surface area contributed by atoms with Gasteiger partial charge in [-0.3, -0.25) is 14.9 Å². The Balaban J connectivity index is 1.58. The number of anilines is 1. The molecule has 10 heteroatoms. The number of nitro groups is 1. The summed E-state index contributed by atoms with van der Waals surface area (Å²) in [5.41, 5.74) is 3.40. The Morgan fingerprint density at radius 1 is 0.967 bits per heavy atom. The van der Waals surface area contributed by atoms with Gasteiger partial charge in [-0.2, -0.15) is 0 Å². The molecule has 1 amide bonds. The van der Waals surface area contributed by atoms with Crippen LogP contribution in [0.1, 0.15) is 20.7 Å². The van der Waals surface area contributed by atoms with Crippen LogP contribution in [0.25, 0.3) is 0 Å². The Kier molecular flexibility index (Phi) is 6.46. The van der Waals surface area contributed by atoms with Crippen molar-refractivity contribution in [1.82, 2.24) is 0 Å². The molecule has 0 aliphatic rings. The average Bonchev–Trinajstić information content (AvgIpc) is 2.76. The maximum absolute atomic E-state index is 12.0. The third-order valence-corrected chi connectivity index (χ3v) is 3.98. The molecule has 9 nitrogen and oxygen atoms in total. The van der Waals surface area contributed by atoms with Gasteiger partial charge in [0.05, 0.1) is 21.9 Å². The lowest BCUT2D eigenvalue weighted by atomic mass is 10.2. The molecule has 30 heavy (non-hydrogen) atoms. The summed E-state index contributed by atoms with van der Waals surface area (Å²) in [5.74, 6) is -1.32. The number of nitro benzene ring substituents is 1. The lowest BCUT2D eigenvalue weighted by molar-refractivity contribution is -0.384. The fraction of sp³-hybridized carbons (Fsp3) is 0. The number of hydrogen-bond acceptors (Lipinski definition) is 7. The number of halogens is 1. The van der Waals surface area contributed by atoms with Crippen LogP contribution < -0.4 is 5.48 Å². The van der Waals surface area contributed by atoms with Crippen molar-refractivity contribution in [3.05, 3.63) is 99.1 Å². The third-order valence-electron chi connectivity index (χ3n) is 3.75. The Morgan fingerprint density at radius 3 is 2.37 bits per heavy atom. The zero-order valence-electron chi connectivity index (χ0n) is 15.2. The minimum Gasteiger partial charge on any atom is -0.338 e. The number of carbonyl (C=O) groups is 2. The van der Waals surface area contributed by atoms with Gasteiger partial charge in [0, 0.05) is 22.7 Å². The van der Waals surface area contributed by atoms with Crippen molar-refractivity contribution >= 4 is 40.5 Å². The number of nitrogens with zero attached hydrogens (tertiary/aromatic N) is 3. The first-order chi connectivity index (χ1) is 14.4. The van der Waals surface area contributed by atoms with Crippen molar-refractivity contribution < 1.29 is 19.3 Å². The zero-order valence-corrected chi connectivity index (χ0v) is 15.9. The van der Waals surface area contributed by atoms with E-state index in [4.69, 9.17) is 16.4 Å². The summed E-state index contributed by atoms with van der Waals surface area (Å²) in [7, 11) is 0. The molecule has 3 aromatic rings. The zero-order chi connectivity index (χ0) is 21.5. The van der Waals surface area contributed by atoms with E-state index in [1.54, 1.807) is 42.5 Å². The van der Waals surface area contributed by atoms with E-state index in [2.05, 4.69) is 15.7 Å². The molecule has 0 heterocycles. The SMILES string of the molecule is O=C(N=Nc1ccc(NOC(=O)c2cccc([N+](=O)[O-])c2)cc1)c1cccc(Cl)c1. The quantitative estimate of drug-likeness (QED) is 0.323. The molecule has 0 aliphatic carbocycles. The monoisotopic (exact) mass is 424 g/mol. The van der Waals surface area contributed by atoms with E-state index in [1.165, 1.54) is 24.3 Å². The van der Waals surface area contributed by atoms with Crippen LogP contribution in [0, 0.1) is 10.1 Å². The Hall–Kier alpha value is -4.11. The highest BCUT2D eigenvalue weighted by molar-refractivity contribution is 6.30. The molecule has 3 rings (SSSR count). The first-order valence-electron chi connectivity index (χ1n) is 8.46. The van der Waals surface area contributed by atoms with Gasteiger partial charge in [0.1, 0.15) is 0 Å². The highest BCUT2D eigenvalue weighted by Crippen LogP contribution is 2.19. The molecule has 0 radical (unpaired) electrons. The topological polar surface area (TPSA) is 123 Å². The molecule has 0 saturated heterocycles. The van der Waals surface area contributed by atoms with E-state index in [0.717, 1.165) is 6.07 Å². The lowest BCUT2D eigenvalue weighted by Gasteiger charge is -2.06. The number of benzene rings is 3. The summed E-state index contributed by atoms with van der Waals surface area (Å²) in [4.78, 5) is 39.1. The standard InChI is InChI=1S/C20H13ClN4O5/c21-15-5-1-3-13(11-15)19(26)23-22-16-7-9-17(10-8-16)24-30-20(27)14-4-2-6-18(12-14)25(28)29/h1-12,24H. The summed E-state index contributed by atoms with van der Waals surface area (Å²) in [6.07, 6.45) is 0. The fourth-order valence-electron chi connectivity index (χ4n) is 2.29. The van der Waals surface area contributed by atoms with Gasteiger partial charge in [-0.15, -0.1) is 10.2 Å². The van der Waals surface area contributed by atoms with Crippen LogP contribution in [-0.2, 0) is 4.84 Å². The predicted octanol–water partition coefficient (Wildman–Crippen LogP) is 5.36. The van der Waals surface area contributed by atoms with Crippen LogP contribution in [0.2, 0.25) is 5.02 Å². The number of nitrogens with one attached hydrogen (secondary N) is 1. The van der Waals surface area contributed by atoms with Gasteiger partial charge < -0.3 is 4.84 Å². The average molecular weight is 425 g/mol. The largest absolute Gasteiger partial charge is 0.363 e. The fourth-order valence-corrected chi connectivity index (χ4v) is 2.48. The van der Waals surface area contributed by atoms with Gasteiger partial charge >= 0.3 is 5.97 Å². The third kappa shape index (κ3) is 5.46. The lowest BCUT2D eigenvalue weighted by Crippen LogP contribution is -2.10. The first kappa shape index (κ1) is 20.6. The van der Waals surface area contributed by atoms with Crippen molar-refractivity contribution in [3.63, 3.8) is 0 Å². The number of rotatable bonds is 6. The van der Waals surface area contributed by atoms with E-state index in [9.17, 15) is 19.7 Å². The molecule has 0 saturated carbocycles. The molecular weight excluding hydrogens is 412 g/mol. The first-order valence-corrected chi connectivity index (χ1v) is 8.83. The normalized spacial score (nSPS) is 10.6. The highest BCUT2D eigenvalue weighted by atomic mass is 35.5. The molecule has 1 N–H and O–H groups in total. The van der Waals surface area contributed by atoms with Gasteiger partial charge in [0.25, 0.3) is 11.6 Å². The summed E-state index contributed by atoms with van der Waals surface area (Å²) < 4.78 is 0. The van der Waals surface area contributed by atoms with Crippen LogP contribution in [0.5, 0.6) is 0 Å². The number of amides is 1. The number of carbonyl (C=O) groups excluding carboxylic acids is 2. The van der Waals surface area contributed by atoms with E-state index in [0.29, 0.717) is 22.0 Å². The van der Waals surface area contributed by atoms with E-state index in [1.807, 2.05) is 0 Å². The number of non-ortho nitro benzene ring substituents is 1. The minimum absolute atomic E-state index is 0.0293. The van der Waals surface area contributed by atoms with Crippen molar-refractivity contribution in [2.24, 2.45) is 10.2 Å². The maximum Gasteiger partial charge on any atom is 0.363 e. The van der Waals surface area contributed by atoms with E-state index < -0.39 is 16.8 Å². The van der Waals surface area contributed by atoms with Crippen molar-refractivity contribution in [2.75, 3.05) is 5.48 Å². The minimum atomic E-state index is -0.783. The Morgan fingerprint density at radius 2 is 1.67 bits per heavy atom. The molecular formula is C20H13ClN4O5. The van der Waals surface area contributed by atoms with Crippen molar-refractivity contribution in [2.45, 2.75) is 0 Å². The molecule has 0 aromatic heterocycles. The van der Waals surface area contributed by atoms with Crippen LogP contribution in [-0.4, -0.2) is 16.8 Å². The predicted molar refractivity (Wildman–Crippen MR) is 109 cm³/mol. The van der Waals surface area contributed by atoms with Gasteiger partial charge in [-0.1, -0.05) is 23.7 Å². The van der Waals surface area contributed by atoms with Gasteiger partial charge in [-0.05, 0) is 48.5 Å². The molecule has 0 bridgehead atoms. The molecule has 0 aliphatic heterocycles. The number of azo groups is 1. The second-order valence-electron chi connectivity index (χ2n) is 5.86. The van der Waals surface area contributed by atoms with Gasteiger partial charge in [0.2, 0.25) is 0 Å². The van der Waals surface area contributed by atoms with Crippen LogP contribution in [0.4, 0.5) is 17.1 Å². The Bertz CT molecular complexity index is 1130. The molecule has 0 unspecified atom stereocenters. The molecule has 3 aromatic carbocycles. The molecule has 150 valence electrons. The van der Waals surface area contributed by atoms with E-state index >= 15 is 0 Å². The number of hydrogen-bond donors (Lipinski definition) is 1. The maximum atomic E-state index is 12.0. The summed E-state index contributed by atoms with van der Waals surface area (Å²) in [6, 6.07) is 17.7. The van der Waals surface area contributed by atoms with Gasteiger partial charge in [-0.25, -0.2) is 10.3 Å². The highest BCUT2D eigenvalue weighted by Gasteiger charge is 2.13.